The van der Waals surface area contributed by atoms with Crippen LogP contribution in [0.3, 0.4) is 0 Å². The number of ether oxygens (including phenoxy) is 3. The second kappa shape index (κ2) is 13.2. The van der Waals surface area contributed by atoms with Gasteiger partial charge in [0.2, 0.25) is 0 Å². The maximum Gasteiger partial charge on any atom is 0.317 e. The quantitative estimate of drug-likeness (QED) is 0.126. The molecule has 4 aliphatic rings. The molecule has 0 aromatic heterocycles. The first kappa shape index (κ1) is 31.7. The van der Waals surface area contributed by atoms with Crippen molar-refractivity contribution in [1.82, 2.24) is 4.90 Å². The third-order valence-electron chi connectivity index (χ3n) is 11.0. The van der Waals surface area contributed by atoms with Crippen LogP contribution in [0.1, 0.15) is 106 Å². The van der Waals surface area contributed by atoms with Crippen LogP contribution in [0.25, 0.3) is 0 Å². The fourth-order valence-electron chi connectivity index (χ4n) is 8.44. The minimum Gasteiger partial charge on any atom is -0.507 e. The topological polar surface area (TPSA) is 85.3 Å². The van der Waals surface area contributed by atoms with Gasteiger partial charge in [0.15, 0.2) is 0 Å². The number of hydrogen-bond donors (Lipinski definition) is 1. The molecule has 7 nitrogen and oxygen atoms in total. The average Bonchev–Trinajstić information content (AvgIpc) is 3.19. The number of benzene rings is 2. The van der Waals surface area contributed by atoms with E-state index < -0.39 is 5.92 Å². The standard InChI is InChI=1S/C38H49NO6/c1-24-9-16-33-31(17-24)36-34(41)18-26(19-35(36)45-38(33,2)3)8-6-5-7-25-10-12-27(13-11-25)32(22-43-23-40)37(42)44-30-20-28-14-15-29(21-30)39(28)4/h10-13,17-19,23,28-33,41H,5-9,14-16,20-22H2,1-4H3. The highest BCUT2D eigenvalue weighted by atomic mass is 16.6. The summed E-state index contributed by atoms with van der Waals surface area (Å²) in [7, 11) is 2.17. The van der Waals surface area contributed by atoms with Crippen molar-refractivity contribution in [2.75, 3.05) is 13.7 Å². The van der Waals surface area contributed by atoms with Gasteiger partial charge in [-0.3, -0.25) is 9.59 Å². The van der Waals surface area contributed by atoms with E-state index in [1.54, 1.807) is 0 Å². The molecule has 0 radical (unpaired) electrons. The first-order valence-electron chi connectivity index (χ1n) is 16.9. The van der Waals surface area contributed by atoms with Crippen molar-refractivity contribution in [1.29, 1.82) is 0 Å². The second-order valence-electron chi connectivity index (χ2n) is 14.4. The zero-order valence-corrected chi connectivity index (χ0v) is 27.3. The highest BCUT2D eigenvalue weighted by Gasteiger charge is 2.45. The first-order chi connectivity index (χ1) is 21.6. The molecule has 7 heteroatoms. The molecule has 2 saturated heterocycles. The Morgan fingerprint density at radius 1 is 1.07 bits per heavy atom. The fraction of sp³-hybridized carbons (Fsp3) is 0.579. The molecule has 0 saturated carbocycles. The monoisotopic (exact) mass is 615 g/mol. The van der Waals surface area contributed by atoms with Crippen LogP contribution >= 0.6 is 0 Å². The number of phenolic OH excluding ortho intramolecular Hbond substituents is 1. The van der Waals surface area contributed by atoms with Crippen molar-refractivity contribution in [2.24, 2.45) is 5.92 Å². The summed E-state index contributed by atoms with van der Waals surface area (Å²) in [5, 5.41) is 11.1. The minimum absolute atomic E-state index is 0.0209. The SMILES string of the molecule is CC1=CC2c3c(O)cc(CCCCc4ccc(C(COC=O)C(=O)OC5CC6CCC(C5)N6C)cc4)cc3OC(C)(C)C2CC1. The van der Waals surface area contributed by atoms with Gasteiger partial charge in [-0.25, -0.2) is 0 Å². The molecule has 5 atom stereocenters. The van der Waals surface area contributed by atoms with Gasteiger partial charge in [-0.15, -0.1) is 0 Å². The van der Waals surface area contributed by atoms with E-state index >= 15 is 0 Å². The third kappa shape index (κ3) is 6.79. The van der Waals surface area contributed by atoms with Crippen molar-refractivity contribution in [2.45, 2.75) is 121 Å². The molecule has 3 heterocycles. The van der Waals surface area contributed by atoms with Crippen molar-refractivity contribution in [3.63, 3.8) is 0 Å². The molecule has 0 spiro atoms. The summed E-state index contributed by atoms with van der Waals surface area (Å²) < 4.78 is 17.5. The van der Waals surface area contributed by atoms with Crippen molar-refractivity contribution in [3.8, 4) is 11.5 Å². The summed E-state index contributed by atoms with van der Waals surface area (Å²) in [6, 6.07) is 13.1. The maximum absolute atomic E-state index is 13.2. The van der Waals surface area contributed by atoms with Gasteiger partial charge in [0.1, 0.15) is 35.7 Å². The zero-order valence-electron chi connectivity index (χ0n) is 27.3. The molecule has 5 unspecified atom stereocenters. The van der Waals surface area contributed by atoms with Gasteiger partial charge in [0, 0.05) is 29.5 Å². The Kier molecular flexibility index (Phi) is 9.28. The number of hydrogen-bond acceptors (Lipinski definition) is 7. The summed E-state index contributed by atoms with van der Waals surface area (Å²) in [4.78, 5) is 26.6. The highest BCUT2D eigenvalue weighted by Crippen LogP contribution is 2.53. The van der Waals surface area contributed by atoms with Crippen LogP contribution in [-0.4, -0.2) is 59.9 Å². The van der Waals surface area contributed by atoms with Gasteiger partial charge in [0.25, 0.3) is 6.47 Å². The molecule has 3 aliphatic heterocycles. The smallest absolute Gasteiger partial charge is 0.317 e. The largest absolute Gasteiger partial charge is 0.507 e. The van der Waals surface area contributed by atoms with Crippen LogP contribution < -0.4 is 4.74 Å². The van der Waals surface area contributed by atoms with E-state index in [9.17, 15) is 14.7 Å². The van der Waals surface area contributed by atoms with E-state index in [0.29, 0.717) is 30.2 Å². The number of phenols is 1. The Morgan fingerprint density at radius 2 is 1.76 bits per heavy atom. The number of fused-ring (bicyclic) bond motifs is 5. The molecule has 6 rings (SSSR count). The third-order valence-corrected chi connectivity index (χ3v) is 11.0. The van der Waals surface area contributed by atoms with Gasteiger partial charge in [-0.05, 0) is 121 Å². The Labute approximate surface area is 267 Å². The molecule has 2 bridgehead atoms. The van der Waals surface area contributed by atoms with E-state index in [1.807, 2.05) is 18.2 Å². The number of carbonyl (C=O) groups excluding carboxylic acids is 2. The predicted octanol–water partition coefficient (Wildman–Crippen LogP) is 6.99. The lowest BCUT2D eigenvalue weighted by molar-refractivity contribution is -0.156. The van der Waals surface area contributed by atoms with Crippen LogP contribution in [-0.2, 0) is 31.9 Å². The average molecular weight is 616 g/mol. The summed E-state index contributed by atoms with van der Waals surface area (Å²) in [5.41, 5.74) is 5.16. The Hall–Kier alpha value is -3.32. The van der Waals surface area contributed by atoms with Crippen LogP contribution in [0.5, 0.6) is 11.5 Å². The Bertz CT molecular complexity index is 1400. The van der Waals surface area contributed by atoms with Crippen molar-refractivity contribution < 1.29 is 28.9 Å². The molecule has 1 aliphatic carbocycles. The van der Waals surface area contributed by atoms with Crippen LogP contribution in [0.4, 0.5) is 0 Å². The molecule has 1 N–H and O–H groups in total. The second-order valence-corrected chi connectivity index (χ2v) is 14.4. The maximum atomic E-state index is 13.2. The van der Waals surface area contributed by atoms with Gasteiger partial charge < -0.3 is 24.2 Å². The van der Waals surface area contributed by atoms with Crippen LogP contribution in [0.15, 0.2) is 48.0 Å². The predicted molar refractivity (Wildman–Crippen MR) is 174 cm³/mol. The van der Waals surface area contributed by atoms with E-state index in [4.69, 9.17) is 14.2 Å². The number of aryl methyl sites for hydroxylation is 2. The van der Waals surface area contributed by atoms with E-state index in [1.165, 1.54) is 11.1 Å². The summed E-state index contributed by atoms with van der Waals surface area (Å²) in [5.74, 6) is 0.796. The molecule has 45 heavy (non-hydrogen) atoms. The number of rotatable bonds is 11. The number of aromatic hydroxyl groups is 1. The van der Waals surface area contributed by atoms with E-state index in [0.717, 1.165) is 86.6 Å². The van der Waals surface area contributed by atoms with Gasteiger partial charge in [-0.1, -0.05) is 35.9 Å². The number of nitrogens with zero attached hydrogens (tertiary/aromatic N) is 1. The Morgan fingerprint density at radius 3 is 2.44 bits per heavy atom. The van der Waals surface area contributed by atoms with Gasteiger partial charge >= 0.3 is 5.97 Å². The van der Waals surface area contributed by atoms with Gasteiger partial charge in [-0.2, -0.15) is 0 Å². The Balaban J connectivity index is 1.04. The van der Waals surface area contributed by atoms with E-state index in [-0.39, 0.29) is 30.2 Å². The van der Waals surface area contributed by atoms with E-state index in [2.05, 4.69) is 57.0 Å². The number of allylic oxidation sites excluding steroid dienone is 2. The fourth-order valence-corrected chi connectivity index (χ4v) is 8.44. The summed E-state index contributed by atoms with van der Waals surface area (Å²) in [6.45, 7) is 6.91. The molecular formula is C38H49NO6. The molecule has 2 fully saturated rings. The number of piperidine rings is 1. The lowest BCUT2D eigenvalue weighted by atomic mass is 9.68. The minimum atomic E-state index is -0.631. The van der Waals surface area contributed by atoms with Crippen LogP contribution in [0.2, 0.25) is 0 Å². The first-order valence-corrected chi connectivity index (χ1v) is 16.9. The van der Waals surface area contributed by atoms with Gasteiger partial charge in [0.05, 0.1) is 0 Å². The molecule has 242 valence electrons. The zero-order chi connectivity index (χ0) is 31.7. The van der Waals surface area contributed by atoms with Crippen molar-refractivity contribution in [3.05, 3.63) is 70.3 Å². The summed E-state index contributed by atoms with van der Waals surface area (Å²) in [6.07, 6.45) is 12.2. The van der Waals surface area contributed by atoms with Crippen LogP contribution in [0, 0.1) is 5.92 Å². The van der Waals surface area contributed by atoms with Crippen molar-refractivity contribution >= 4 is 12.4 Å². The molecule has 0 amide bonds. The lowest BCUT2D eigenvalue weighted by Crippen LogP contribution is -2.45. The molecular weight excluding hydrogens is 566 g/mol. The highest BCUT2D eigenvalue weighted by molar-refractivity contribution is 5.78. The number of unbranched alkanes of at least 4 members (excludes halogenated alkanes) is 1. The molecule has 2 aromatic carbocycles. The molecule has 2 aromatic rings. The number of esters is 1. The lowest BCUT2D eigenvalue weighted by Gasteiger charge is -2.46. The summed E-state index contributed by atoms with van der Waals surface area (Å²) >= 11 is 0. The number of carbonyl (C=O) groups is 2. The normalized spacial score (nSPS) is 27.4.